The van der Waals surface area contributed by atoms with Crippen molar-refractivity contribution in [2.24, 2.45) is 4.99 Å². The van der Waals surface area contributed by atoms with Crippen LogP contribution in [-0.2, 0) is 9.59 Å². The lowest BCUT2D eigenvalue weighted by atomic mass is 10.1. The van der Waals surface area contributed by atoms with Gasteiger partial charge in [0.15, 0.2) is 5.17 Å². The highest BCUT2D eigenvalue weighted by Gasteiger charge is 2.32. The van der Waals surface area contributed by atoms with Crippen LogP contribution < -0.4 is 15.4 Å². The second-order valence-electron chi connectivity index (χ2n) is 6.29. The van der Waals surface area contributed by atoms with Crippen LogP contribution in [0.1, 0.15) is 27.2 Å². The van der Waals surface area contributed by atoms with E-state index in [-0.39, 0.29) is 23.8 Å². The number of aliphatic imine (C=N–C) groups is 1. The Morgan fingerprint density at radius 2 is 2.17 bits per heavy atom. The first-order chi connectivity index (χ1) is 11.2. The maximum atomic E-state index is 12.2. The van der Waals surface area contributed by atoms with Gasteiger partial charge < -0.3 is 15.4 Å². The number of thioether (sulfide) groups is 1. The molecule has 2 N–H and O–H groups in total. The third kappa shape index (κ3) is 5.14. The van der Waals surface area contributed by atoms with E-state index in [1.165, 1.54) is 18.9 Å². The molecule has 0 unspecified atom stereocenters. The number of hydrogen-bond acceptors (Lipinski definition) is 5. The minimum Gasteiger partial charge on any atom is -0.495 e. The van der Waals surface area contributed by atoms with Gasteiger partial charge in [-0.25, -0.2) is 0 Å². The minimum absolute atomic E-state index is 0.0588. The van der Waals surface area contributed by atoms with Crippen molar-refractivity contribution < 1.29 is 14.3 Å². The highest BCUT2D eigenvalue weighted by atomic mass is 35.5. The fraction of sp³-hybridized carbons (Fsp3) is 0.438. The topological polar surface area (TPSA) is 79.8 Å². The average molecular weight is 370 g/mol. The lowest BCUT2D eigenvalue weighted by molar-refractivity contribution is -0.122. The third-order valence-corrected chi connectivity index (χ3v) is 4.40. The highest BCUT2D eigenvalue weighted by molar-refractivity contribution is 8.15. The summed E-state index contributed by atoms with van der Waals surface area (Å²) in [6.07, 6.45) is 0.0588. The maximum absolute atomic E-state index is 12.2. The summed E-state index contributed by atoms with van der Waals surface area (Å²) < 4.78 is 5.06. The minimum atomic E-state index is -0.486. The predicted molar refractivity (Wildman–Crippen MR) is 98.0 cm³/mol. The lowest BCUT2D eigenvalue weighted by Gasteiger charge is -2.12. The van der Waals surface area contributed by atoms with Crippen molar-refractivity contribution in [3.05, 3.63) is 23.2 Å². The van der Waals surface area contributed by atoms with E-state index in [0.717, 1.165) is 0 Å². The zero-order valence-corrected chi connectivity index (χ0v) is 15.5. The molecule has 0 bridgehead atoms. The first kappa shape index (κ1) is 18.6. The molecule has 1 aliphatic heterocycles. The lowest BCUT2D eigenvalue weighted by Crippen LogP contribution is -2.28. The number of anilines is 1. The Kier molecular flexibility index (Phi) is 5.77. The number of rotatable bonds is 4. The summed E-state index contributed by atoms with van der Waals surface area (Å²) in [5, 5.41) is 5.92. The summed E-state index contributed by atoms with van der Waals surface area (Å²) in [5.74, 6) is 0.0650. The van der Waals surface area contributed by atoms with Crippen molar-refractivity contribution in [2.45, 2.75) is 38.0 Å². The van der Waals surface area contributed by atoms with E-state index in [1.54, 1.807) is 18.2 Å². The predicted octanol–water partition coefficient (Wildman–Crippen LogP) is 3.06. The number of amides is 2. The second kappa shape index (κ2) is 7.44. The van der Waals surface area contributed by atoms with Crippen LogP contribution in [0.3, 0.4) is 0 Å². The number of nitrogens with one attached hydrogen (secondary N) is 2. The van der Waals surface area contributed by atoms with Gasteiger partial charge in [-0.1, -0.05) is 23.4 Å². The highest BCUT2D eigenvalue weighted by Crippen LogP contribution is 2.28. The number of amidine groups is 1. The first-order valence-electron chi connectivity index (χ1n) is 7.39. The quantitative estimate of drug-likeness (QED) is 0.854. The molecule has 8 heteroatoms. The van der Waals surface area contributed by atoms with E-state index in [0.29, 0.717) is 21.6 Å². The number of halogens is 1. The normalized spacial score (nSPS) is 19.3. The Labute approximate surface area is 150 Å². The van der Waals surface area contributed by atoms with Gasteiger partial charge in [-0.3, -0.25) is 14.6 Å². The number of carbonyl (C=O) groups is 2. The molecule has 0 aromatic heterocycles. The number of nitrogens with zero attached hydrogens (tertiary/aromatic N) is 1. The molecule has 0 aliphatic carbocycles. The molecule has 24 heavy (non-hydrogen) atoms. The van der Waals surface area contributed by atoms with Crippen molar-refractivity contribution in [1.82, 2.24) is 5.32 Å². The summed E-state index contributed by atoms with van der Waals surface area (Å²) >= 11 is 7.30. The third-order valence-electron chi connectivity index (χ3n) is 3.02. The molecule has 1 atom stereocenters. The van der Waals surface area contributed by atoms with Crippen LogP contribution in [0.5, 0.6) is 5.75 Å². The van der Waals surface area contributed by atoms with Gasteiger partial charge in [0.1, 0.15) is 11.0 Å². The summed E-state index contributed by atoms with van der Waals surface area (Å²) in [4.78, 5) is 28.5. The first-order valence-corrected chi connectivity index (χ1v) is 8.64. The Morgan fingerprint density at radius 1 is 1.46 bits per heavy atom. The van der Waals surface area contributed by atoms with Crippen LogP contribution in [0.4, 0.5) is 5.69 Å². The van der Waals surface area contributed by atoms with Crippen molar-refractivity contribution in [1.29, 1.82) is 0 Å². The van der Waals surface area contributed by atoms with E-state index in [4.69, 9.17) is 16.3 Å². The second-order valence-corrected chi connectivity index (χ2v) is 7.88. The molecular weight excluding hydrogens is 350 g/mol. The maximum Gasteiger partial charge on any atom is 0.240 e. The monoisotopic (exact) mass is 369 g/mol. The van der Waals surface area contributed by atoms with Crippen molar-refractivity contribution in [3.63, 3.8) is 0 Å². The van der Waals surface area contributed by atoms with Crippen LogP contribution in [0, 0.1) is 0 Å². The van der Waals surface area contributed by atoms with Crippen molar-refractivity contribution in [3.8, 4) is 5.75 Å². The van der Waals surface area contributed by atoms with Crippen molar-refractivity contribution >= 4 is 46.0 Å². The molecule has 2 rings (SSSR count). The van der Waals surface area contributed by atoms with Crippen LogP contribution in [0.2, 0.25) is 5.02 Å². The molecule has 1 aliphatic rings. The molecule has 1 saturated heterocycles. The Morgan fingerprint density at radius 3 is 2.75 bits per heavy atom. The van der Waals surface area contributed by atoms with Crippen LogP contribution in [-0.4, -0.2) is 34.9 Å². The van der Waals surface area contributed by atoms with Gasteiger partial charge >= 0.3 is 0 Å². The van der Waals surface area contributed by atoms with Gasteiger partial charge in [-0.2, -0.15) is 0 Å². The fourth-order valence-electron chi connectivity index (χ4n) is 2.02. The SMILES string of the molecule is COc1ccc(NC(=O)C[C@@H]2SC(=NC(C)(C)C)NC2=O)cc1Cl. The molecule has 1 heterocycles. The van der Waals surface area contributed by atoms with Crippen molar-refractivity contribution in [2.75, 3.05) is 12.4 Å². The van der Waals surface area contributed by atoms with E-state index < -0.39 is 5.25 Å². The summed E-state index contributed by atoms with van der Waals surface area (Å²) in [6.45, 7) is 5.83. The van der Waals surface area contributed by atoms with Gasteiger partial charge in [-0.05, 0) is 39.0 Å². The Bertz CT molecular complexity index is 686. The van der Waals surface area contributed by atoms with Gasteiger partial charge in [0, 0.05) is 12.1 Å². The van der Waals surface area contributed by atoms with E-state index in [9.17, 15) is 9.59 Å². The molecule has 130 valence electrons. The molecule has 1 fully saturated rings. The average Bonchev–Trinajstić information content (AvgIpc) is 2.76. The van der Waals surface area contributed by atoms with E-state index in [1.807, 2.05) is 20.8 Å². The summed E-state index contributed by atoms with van der Waals surface area (Å²) in [7, 11) is 1.52. The Balaban J connectivity index is 1.96. The van der Waals surface area contributed by atoms with Gasteiger partial charge in [0.2, 0.25) is 11.8 Å². The number of hydrogen-bond donors (Lipinski definition) is 2. The van der Waals surface area contributed by atoms with Gasteiger partial charge in [0.05, 0.1) is 17.7 Å². The number of methoxy groups -OCH3 is 1. The molecule has 1 aromatic rings. The summed E-state index contributed by atoms with van der Waals surface area (Å²) in [6, 6.07) is 4.96. The number of carbonyl (C=O) groups excluding carboxylic acids is 2. The van der Waals surface area contributed by atoms with E-state index in [2.05, 4.69) is 15.6 Å². The van der Waals surface area contributed by atoms with Gasteiger partial charge in [-0.15, -0.1) is 0 Å². The fourth-order valence-corrected chi connectivity index (χ4v) is 3.44. The summed E-state index contributed by atoms with van der Waals surface area (Å²) in [5.41, 5.74) is 0.268. The van der Waals surface area contributed by atoms with Crippen LogP contribution in [0.15, 0.2) is 23.2 Å². The number of ether oxygens (including phenoxy) is 1. The molecule has 6 nitrogen and oxygen atoms in total. The number of benzene rings is 1. The zero-order valence-electron chi connectivity index (χ0n) is 14.0. The Hall–Kier alpha value is -1.73. The standard InChI is InChI=1S/C16H20ClN3O3S/c1-16(2,3)20-15-19-14(22)12(24-15)8-13(21)18-9-5-6-11(23-4)10(17)7-9/h5-7,12H,8H2,1-4H3,(H,18,21)(H,19,20,22)/t12-/m0/s1. The molecule has 1 aromatic carbocycles. The zero-order chi connectivity index (χ0) is 17.9. The molecular formula is C16H20ClN3O3S. The van der Waals surface area contributed by atoms with E-state index >= 15 is 0 Å². The molecule has 0 saturated carbocycles. The van der Waals surface area contributed by atoms with Gasteiger partial charge in [0.25, 0.3) is 0 Å². The smallest absolute Gasteiger partial charge is 0.240 e. The molecule has 2 amide bonds. The van der Waals surface area contributed by atoms with Crippen LogP contribution >= 0.6 is 23.4 Å². The molecule has 0 radical (unpaired) electrons. The largest absolute Gasteiger partial charge is 0.495 e. The van der Waals surface area contributed by atoms with Crippen LogP contribution in [0.25, 0.3) is 0 Å². The molecule has 0 spiro atoms.